The van der Waals surface area contributed by atoms with Gasteiger partial charge in [0.1, 0.15) is 0 Å². The first-order valence-electron chi connectivity index (χ1n) is 5.28. The molecule has 17 heavy (non-hydrogen) atoms. The number of aromatic amines is 1. The second-order valence-corrected chi connectivity index (χ2v) is 4.02. The van der Waals surface area contributed by atoms with Crippen molar-refractivity contribution in [1.82, 2.24) is 9.55 Å². The van der Waals surface area contributed by atoms with E-state index in [9.17, 15) is 9.59 Å². The SMILES string of the molecule is Cn1c2cc(=O)c(=O)cc-2[nH]c2ccccc21. The fraction of sp³-hybridized carbons (Fsp3) is 0.0769. The summed E-state index contributed by atoms with van der Waals surface area (Å²) < 4.78 is 1.90. The van der Waals surface area contributed by atoms with Crippen LogP contribution in [0, 0.1) is 0 Å². The molecule has 1 aliphatic carbocycles. The first-order valence-corrected chi connectivity index (χ1v) is 5.28. The Labute approximate surface area is 96.5 Å². The molecule has 0 fully saturated rings. The third kappa shape index (κ3) is 1.38. The van der Waals surface area contributed by atoms with Crippen molar-refractivity contribution in [3.63, 3.8) is 0 Å². The van der Waals surface area contributed by atoms with Gasteiger partial charge >= 0.3 is 0 Å². The average Bonchev–Trinajstić information content (AvgIpc) is 2.32. The first kappa shape index (κ1) is 9.84. The lowest BCUT2D eigenvalue weighted by Crippen LogP contribution is -2.24. The van der Waals surface area contributed by atoms with Gasteiger partial charge in [0.2, 0.25) is 10.9 Å². The summed E-state index contributed by atoms with van der Waals surface area (Å²) in [6.07, 6.45) is 0. The summed E-state index contributed by atoms with van der Waals surface area (Å²) in [7, 11) is 1.88. The summed E-state index contributed by atoms with van der Waals surface area (Å²) in [5, 5.41) is 0. The number of aromatic nitrogens is 2. The van der Waals surface area contributed by atoms with Crippen molar-refractivity contribution < 1.29 is 0 Å². The van der Waals surface area contributed by atoms with Crippen LogP contribution in [0.1, 0.15) is 0 Å². The summed E-state index contributed by atoms with van der Waals surface area (Å²) in [6.45, 7) is 0. The number of hydrogen-bond acceptors (Lipinski definition) is 2. The number of benzene rings is 2. The third-order valence-corrected chi connectivity index (χ3v) is 2.96. The number of nitrogens with one attached hydrogen (secondary N) is 1. The number of para-hydroxylation sites is 2. The lowest BCUT2D eigenvalue weighted by atomic mass is 10.1. The monoisotopic (exact) mass is 226 g/mol. The maximum absolute atomic E-state index is 11.4. The second-order valence-electron chi connectivity index (χ2n) is 4.02. The van der Waals surface area contributed by atoms with E-state index in [0.29, 0.717) is 5.69 Å². The molecule has 1 heterocycles. The van der Waals surface area contributed by atoms with Crippen LogP contribution < -0.4 is 10.9 Å². The zero-order valence-electron chi connectivity index (χ0n) is 9.23. The number of fused-ring (bicyclic) bond motifs is 2. The van der Waals surface area contributed by atoms with Gasteiger partial charge in [-0.1, -0.05) is 12.1 Å². The molecular weight excluding hydrogens is 216 g/mol. The van der Waals surface area contributed by atoms with Gasteiger partial charge in [-0.2, -0.15) is 0 Å². The van der Waals surface area contributed by atoms with Crippen LogP contribution in [0.4, 0.5) is 0 Å². The normalized spacial score (nSPS) is 11.1. The quantitative estimate of drug-likeness (QED) is 0.464. The topological polar surface area (TPSA) is 54.9 Å². The zero-order valence-corrected chi connectivity index (χ0v) is 9.23. The highest BCUT2D eigenvalue weighted by molar-refractivity contribution is 5.80. The van der Waals surface area contributed by atoms with Crippen molar-refractivity contribution >= 4 is 11.0 Å². The fourth-order valence-corrected chi connectivity index (χ4v) is 2.07. The van der Waals surface area contributed by atoms with E-state index in [1.165, 1.54) is 12.1 Å². The molecule has 4 heteroatoms. The summed E-state index contributed by atoms with van der Waals surface area (Å²) in [5.74, 6) is 0. The molecule has 1 aromatic carbocycles. The van der Waals surface area contributed by atoms with Crippen LogP contribution in [0.5, 0.6) is 0 Å². The average molecular weight is 226 g/mol. The number of aryl methyl sites for hydroxylation is 1. The van der Waals surface area contributed by atoms with E-state index in [1.807, 2.05) is 35.9 Å². The van der Waals surface area contributed by atoms with Crippen LogP contribution in [-0.2, 0) is 7.05 Å². The summed E-state index contributed by atoms with van der Waals surface area (Å²) in [6, 6.07) is 10.5. The number of nitrogens with zero attached hydrogens (tertiary/aromatic N) is 1. The number of hydrogen-bond donors (Lipinski definition) is 1. The largest absolute Gasteiger partial charge is 0.352 e. The molecule has 0 saturated heterocycles. The van der Waals surface area contributed by atoms with Crippen LogP contribution in [0.25, 0.3) is 22.4 Å². The van der Waals surface area contributed by atoms with Gasteiger partial charge in [0.25, 0.3) is 0 Å². The molecule has 0 atom stereocenters. The number of rotatable bonds is 0. The molecule has 0 spiro atoms. The van der Waals surface area contributed by atoms with Gasteiger partial charge in [-0.05, 0) is 12.1 Å². The van der Waals surface area contributed by atoms with E-state index in [4.69, 9.17) is 0 Å². The summed E-state index contributed by atoms with van der Waals surface area (Å²) in [4.78, 5) is 25.9. The van der Waals surface area contributed by atoms with Gasteiger partial charge in [-0.3, -0.25) is 9.59 Å². The van der Waals surface area contributed by atoms with Crippen molar-refractivity contribution in [3.05, 3.63) is 56.8 Å². The molecule has 1 aromatic rings. The molecule has 0 radical (unpaired) electrons. The Morgan fingerprint density at radius 1 is 1.06 bits per heavy atom. The molecule has 0 unspecified atom stereocenters. The van der Waals surface area contributed by atoms with E-state index < -0.39 is 10.9 Å². The summed E-state index contributed by atoms with van der Waals surface area (Å²) >= 11 is 0. The Hall–Kier alpha value is -2.36. The molecule has 1 aliphatic heterocycles. The van der Waals surface area contributed by atoms with E-state index >= 15 is 0 Å². The van der Waals surface area contributed by atoms with E-state index in [0.717, 1.165) is 16.7 Å². The Bertz CT molecular complexity index is 799. The molecule has 84 valence electrons. The minimum atomic E-state index is -0.482. The third-order valence-electron chi connectivity index (χ3n) is 2.96. The van der Waals surface area contributed by atoms with Crippen molar-refractivity contribution in [2.45, 2.75) is 0 Å². The molecule has 2 aliphatic rings. The number of H-pyrrole nitrogens is 1. The molecule has 0 saturated carbocycles. The Morgan fingerprint density at radius 2 is 1.76 bits per heavy atom. The van der Waals surface area contributed by atoms with Crippen LogP contribution in [0.15, 0.2) is 46.0 Å². The predicted molar refractivity (Wildman–Crippen MR) is 66.4 cm³/mol. The smallest absolute Gasteiger partial charge is 0.227 e. The van der Waals surface area contributed by atoms with Gasteiger partial charge in [0, 0.05) is 19.2 Å². The molecule has 1 N–H and O–H groups in total. The highest BCUT2D eigenvalue weighted by Crippen LogP contribution is 2.21. The predicted octanol–water partition coefficient (Wildman–Crippen LogP) is 1.33. The highest BCUT2D eigenvalue weighted by Gasteiger charge is 2.10. The van der Waals surface area contributed by atoms with Crippen LogP contribution >= 0.6 is 0 Å². The lowest BCUT2D eigenvalue weighted by Gasteiger charge is -2.14. The molecular formula is C13H10N2O2. The van der Waals surface area contributed by atoms with Crippen molar-refractivity contribution in [2.24, 2.45) is 7.05 Å². The molecule has 4 nitrogen and oxygen atoms in total. The van der Waals surface area contributed by atoms with Gasteiger partial charge in [0.15, 0.2) is 0 Å². The molecule has 3 rings (SSSR count). The standard InChI is InChI=1S/C13H10N2O2/c1-15-10-5-3-2-4-8(10)14-9-6-12(16)13(17)7-11(9)15/h2-7,14H,1H3. The van der Waals surface area contributed by atoms with Gasteiger partial charge in [-0.15, -0.1) is 0 Å². The van der Waals surface area contributed by atoms with Gasteiger partial charge in [0.05, 0.1) is 22.4 Å². The fourth-order valence-electron chi connectivity index (χ4n) is 2.07. The summed E-state index contributed by atoms with van der Waals surface area (Å²) in [5.41, 5.74) is 2.36. The minimum Gasteiger partial charge on any atom is -0.352 e. The van der Waals surface area contributed by atoms with Crippen molar-refractivity contribution in [1.29, 1.82) is 0 Å². The van der Waals surface area contributed by atoms with Crippen LogP contribution in [0.2, 0.25) is 0 Å². The Balaban J connectivity index is 2.60. The van der Waals surface area contributed by atoms with E-state index in [-0.39, 0.29) is 0 Å². The zero-order chi connectivity index (χ0) is 12.0. The highest BCUT2D eigenvalue weighted by atomic mass is 16.2. The van der Waals surface area contributed by atoms with Gasteiger partial charge in [-0.25, -0.2) is 0 Å². The second kappa shape index (κ2) is 3.31. The maximum Gasteiger partial charge on any atom is 0.227 e. The van der Waals surface area contributed by atoms with E-state index in [1.54, 1.807) is 0 Å². The molecule has 0 aromatic heterocycles. The van der Waals surface area contributed by atoms with Crippen LogP contribution in [-0.4, -0.2) is 9.55 Å². The Morgan fingerprint density at radius 3 is 2.59 bits per heavy atom. The van der Waals surface area contributed by atoms with Crippen LogP contribution in [0.3, 0.4) is 0 Å². The van der Waals surface area contributed by atoms with Crippen molar-refractivity contribution in [3.8, 4) is 11.4 Å². The molecule has 0 amide bonds. The van der Waals surface area contributed by atoms with Crippen molar-refractivity contribution in [2.75, 3.05) is 0 Å². The first-order chi connectivity index (χ1) is 8.16. The molecule has 0 bridgehead atoms. The van der Waals surface area contributed by atoms with E-state index in [2.05, 4.69) is 4.98 Å². The maximum atomic E-state index is 11.4. The lowest BCUT2D eigenvalue weighted by molar-refractivity contribution is 0.944. The Kier molecular flexibility index (Phi) is 1.92. The van der Waals surface area contributed by atoms with Gasteiger partial charge < -0.3 is 9.55 Å². The minimum absolute atomic E-state index is 0.475.